The second kappa shape index (κ2) is 8.25. The van der Waals surface area contributed by atoms with Gasteiger partial charge in [0, 0.05) is 6.04 Å². The molecule has 0 aromatic carbocycles. The van der Waals surface area contributed by atoms with Gasteiger partial charge in [-0.15, -0.1) is 5.10 Å². The minimum atomic E-state index is 0.121. The van der Waals surface area contributed by atoms with Crippen LogP contribution in [0.1, 0.15) is 77.1 Å². The molecule has 114 valence electrons. The zero-order chi connectivity index (χ0) is 14.2. The van der Waals surface area contributed by atoms with Crippen molar-refractivity contribution in [1.29, 1.82) is 0 Å². The summed E-state index contributed by atoms with van der Waals surface area (Å²) >= 11 is 0. The fourth-order valence-electron chi connectivity index (χ4n) is 2.69. The van der Waals surface area contributed by atoms with Crippen molar-refractivity contribution >= 4 is 6.01 Å². The Kier molecular flexibility index (Phi) is 6.30. The van der Waals surface area contributed by atoms with E-state index in [-0.39, 0.29) is 6.04 Å². The molecular weight excluding hydrogens is 252 g/mol. The van der Waals surface area contributed by atoms with Crippen molar-refractivity contribution in [3.63, 3.8) is 0 Å². The largest absolute Gasteiger partial charge is 0.406 e. The van der Waals surface area contributed by atoms with Crippen LogP contribution in [0, 0.1) is 0 Å². The Labute approximate surface area is 121 Å². The molecule has 0 aliphatic heterocycles. The molecule has 0 spiro atoms. The van der Waals surface area contributed by atoms with Gasteiger partial charge < -0.3 is 15.1 Å². The summed E-state index contributed by atoms with van der Waals surface area (Å²) in [5, 5.41) is 15.0. The van der Waals surface area contributed by atoms with Crippen molar-refractivity contribution in [3.8, 4) is 0 Å². The van der Waals surface area contributed by atoms with Gasteiger partial charge in [-0.2, -0.15) is 0 Å². The van der Waals surface area contributed by atoms with Crippen LogP contribution in [-0.4, -0.2) is 22.8 Å². The van der Waals surface area contributed by atoms with E-state index >= 15 is 0 Å². The first-order valence-electron chi connectivity index (χ1n) is 8.13. The Morgan fingerprint density at radius 3 is 2.55 bits per heavy atom. The lowest BCUT2D eigenvalue weighted by molar-refractivity contribution is 0.413. The fourth-order valence-corrected chi connectivity index (χ4v) is 2.69. The normalized spacial score (nSPS) is 19.3. The standard InChI is InChI=1S/C15H28N4O/c1-3-11-16-12(2)14-18-19-15(20-14)17-13-9-7-5-4-6-8-10-13/h12-13,16H,3-11H2,1-2H3,(H,17,19). The van der Waals surface area contributed by atoms with E-state index < -0.39 is 0 Å². The van der Waals surface area contributed by atoms with Gasteiger partial charge in [0.05, 0.1) is 6.04 Å². The molecule has 0 bridgehead atoms. The van der Waals surface area contributed by atoms with Crippen LogP contribution in [0.15, 0.2) is 4.42 Å². The van der Waals surface area contributed by atoms with E-state index in [0.717, 1.165) is 13.0 Å². The van der Waals surface area contributed by atoms with Crippen LogP contribution in [0.5, 0.6) is 0 Å². The zero-order valence-corrected chi connectivity index (χ0v) is 12.8. The van der Waals surface area contributed by atoms with Gasteiger partial charge in [0.2, 0.25) is 5.89 Å². The van der Waals surface area contributed by atoms with Crippen molar-refractivity contribution in [3.05, 3.63) is 5.89 Å². The van der Waals surface area contributed by atoms with Crippen molar-refractivity contribution < 1.29 is 4.42 Å². The van der Waals surface area contributed by atoms with Crippen LogP contribution < -0.4 is 10.6 Å². The van der Waals surface area contributed by atoms with Crippen LogP contribution in [-0.2, 0) is 0 Å². The van der Waals surface area contributed by atoms with E-state index in [2.05, 4.69) is 34.7 Å². The predicted octanol–water partition coefficient (Wildman–Crippen LogP) is 3.66. The summed E-state index contributed by atoms with van der Waals surface area (Å²) in [7, 11) is 0. The van der Waals surface area contributed by atoms with E-state index in [1.165, 1.54) is 44.9 Å². The first kappa shape index (κ1) is 15.3. The molecule has 1 aliphatic carbocycles. The topological polar surface area (TPSA) is 63.0 Å². The molecule has 2 N–H and O–H groups in total. The van der Waals surface area contributed by atoms with Crippen LogP contribution in [0.25, 0.3) is 0 Å². The van der Waals surface area contributed by atoms with E-state index in [1.807, 2.05) is 0 Å². The Bertz CT molecular complexity index is 372. The molecule has 1 atom stereocenters. The zero-order valence-electron chi connectivity index (χ0n) is 12.8. The molecule has 2 rings (SSSR count). The van der Waals surface area contributed by atoms with E-state index in [0.29, 0.717) is 17.9 Å². The Balaban J connectivity index is 1.84. The van der Waals surface area contributed by atoms with E-state index in [4.69, 9.17) is 4.42 Å². The van der Waals surface area contributed by atoms with Crippen LogP contribution in [0.3, 0.4) is 0 Å². The highest BCUT2D eigenvalue weighted by molar-refractivity contribution is 5.19. The van der Waals surface area contributed by atoms with Gasteiger partial charge in [-0.3, -0.25) is 0 Å². The van der Waals surface area contributed by atoms with E-state index in [1.54, 1.807) is 0 Å². The molecule has 1 aliphatic rings. The molecule has 1 fully saturated rings. The molecule has 0 radical (unpaired) electrons. The number of anilines is 1. The number of nitrogens with zero attached hydrogens (tertiary/aromatic N) is 2. The molecule has 0 amide bonds. The quantitative estimate of drug-likeness (QED) is 0.832. The lowest BCUT2D eigenvalue weighted by atomic mass is 9.97. The average Bonchev–Trinajstić information content (AvgIpc) is 2.87. The first-order chi connectivity index (χ1) is 9.79. The summed E-state index contributed by atoms with van der Waals surface area (Å²) in [6.07, 6.45) is 10.2. The van der Waals surface area contributed by atoms with Crippen molar-refractivity contribution in [2.75, 3.05) is 11.9 Å². The Morgan fingerprint density at radius 2 is 1.85 bits per heavy atom. The molecule has 1 aromatic heterocycles. The lowest BCUT2D eigenvalue weighted by Gasteiger charge is -2.19. The number of hydrogen-bond acceptors (Lipinski definition) is 5. The monoisotopic (exact) mass is 280 g/mol. The number of rotatable bonds is 6. The third-order valence-corrected chi connectivity index (χ3v) is 3.94. The highest BCUT2D eigenvalue weighted by atomic mass is 16.4. The van der Waals surface area contributed by atoms with Crippen molar-refractivity contribution in [2.45, 2.75) is 77.3 Å². The predicted molar refractivity (Wildman–Crippen MR) is 80.7 cm³/mol. The molecule has 1 aromatic rings. The average molecular weight is 280 g/mol. The minimum Gasteiger partial charge on any atom is -0.406 e. The van der Waals surface area contributed by atoms with Gasteiger partial charge in [0.25, 0.3) is 0 Å². The number of aromatic nitrogens is 2. The maximum absolute atomic E-state index is 5.72. The molecule has 1 unspecified atom stereocenters. The second-order valence-electron chi connectivity index (χ2n) is 5.81. The summed E-state index contributed by atoms with van der Waals surface area (Å²) in [6.45, 7) is 5.17. The Morgan fingerprint density at radius 1 is 1.15 bits per heavy atom. The smallest absolute Gasteiger partial charge is 0.315 e. The molecule has 5 heteroatoms. The summed E-state index contributed by atoms with van der Waals surface area (Å²) in [5.74, 6) is 0.673. The number of hydrogen-bond donors (Lipinski definition) is 2. The summed E-state index contributed by atoms with van der Waals surface area (Å²) < 4.78 is 5.72. The van der Waals surface area contributed by atoms with Crippen molar-refractivity contribution in [1.82, 2.24) is 15.5 Å². The van der Waals surface area contributed by atoms with Gasteiger partial charge in [-0.1, -0.05) is 44.1 Å². The summed E-state index contributed by atoms with van der Waals surface area (Å²) in [5.41, 5.74) is 0. The van der Waals surface area contributed by atoms with Crippen molar-refractivity contribution in [2.24, 2.45) is 0 Å². The Hall–Kier alpha value is -1.10. The van der Waals surface area contributed by atoms with Crippen LogP contribution >= 0.6 is 0 Å². The maximum Gasteiger partial charge on any atom is 0.315 e. The van der Waals surface area contributed by atoms with Gasteiger partial charge >= 0.3 is 6.01 Å². The number of nitrogens with one attached hydrogen (secondary N) is 2. The fraction of sp³-hybridized carbons (Fsp3) is 0.867. The molecule has 1 saturated carbocycles. The van der Waals surface area contributed by atoms with Gasteiger partial charge in [0.15, 0.2) is 0 Å². The minimum absolute atomic E-state index is 0.121. The third kappa shape index (κ3) is 4.78. The lowest BCUT2D eigenvalue weighted by Crippen LogP contribution is -2.21. The molecule has 0 saturated heterocycles. The molecule has 5 nitrogen and oxygen atoms in total. The second-order valence-corrected chi connectivity index (χ2v) is 5.81. The molecule has 1 heterocycles. The molecular formula is C15H28N4O. The van der Waals surface area contributed by atoms with Gasteiger partial charge in [-0.25, -0.2) is 0 Å². The molecule has 20 heavy (non-hydrogen) atoms. The maximum atomic E-state index is 5.72. The van der Waals surface area contributed by atoms with Gasteiger partial charge in [0.1, 0.15) is 0 Å². The van der Waals surface area contributed by atoms with E-state index in [9.17, 15) is 0 Å². The third-order valence-electron chi connectivity index (χ3n) is 3.94. The summed E-state index contributed by atoms with van der Waals surface area (Å²) in [4.78, 5) is 0. The summed E-state index contributed by atoms with van der Waals surface area (Å²) in [6, 6.07) is 1.19. The highest BCUT2D eigenvalue weighted by Gasteiger charge is 2.16. The van der Waals surface area contributed by atoms with Crippen LogP contribution in [0.2, 0.25) is 0 Å². The highest BCUT2D eigenvalue weighted by Crippen LogP contribution is 2.21. The van der Waals surface area contributed by atoms with Crippen LogP contribution in [0.4, 0.5) is 6.01 Å². The first-order valence-corrected chi connectivity index (χ1v) is 8.13. The SMILES string of the molecule is CCCNC(C)c1nnc(NC2CCCCCCC2)o1. The van der Waals surface area contributed by atoms with Gasteiger partial charge in [-0.05, 0) is 32.7 Å².